The van der Waals surface area contributed by atoms with Crippen LogP contribution in [-0.4, -0.2) is 35.1 Å². The molecule has 3 N–H and O–H groups in total. The third-order valence-electron chi connectivity index (χ3n) is 5.88. The molecule has 0 radical (unpaired) electrons. The van der Waals surface area contributed by atoms with E-state index in [0.29, 0.717) is 0 Å². The Labute approximate surface area is 162 Å². The van der Waals surface area contributed by atoms with Gasteiger partial charge in [0.25, 0.3) is 0 Å². The Morgan fingerprint density at radius 2 is 1.15 bits per heavy atom. The van der Waals surface area contributed by atoms with Gasteiger partial charge in [-0.05, 0) is 80.5 Å². The molecule has 0 aliphatic rings. The predicted octanol–water partition coefficient (Wildman–Crippen LogP) is 3.62. The third kappa shape index (κ3) is 3.88. The first-order valence-electron chi connectivity index (χ1n) is 9.35. The summed E-state index contributed by atoms with van der Waals surface area (Å²) in [7, 11) is 0. The van der Waals surface area contributed by atoms with Crippen LogP contribution in [0.25, 0.3) is 0 Å². The van der Waals surface area contributed by atoms with Crippen LogP contribution in [0.4, 0.5) is 0 Å². The molecule has 27 heavy (non-hydrogen) atoms. The SMILES string of the molecule is Cc1ccc(C)c(OC(c2c(C)ccc(C)c2C)C(CO)(CO)CO)c1C. The van der Waals surface area contributed by atoms with E-state index in [4.69, 9.17) is 4.74 Å². The van der Waals surface area contributed by atoms with Crippen molar-refractivity contribution in [2.45, 2.75) is 47.6 Å². The minimum Gasteiger partial charge on any atom is -0.484 e. The normalized spacial score (nSPS) is 12.9. The molecule has 2 rings (SSSR count). The quantitative estimate of drug-likeness (QED) is 0.694. The zero-order valence-corrected chi connectivity index (χ0v) is 17.3. The number of rotatable bonds is 7. The van der Waals surface area contributed by atoms with Gasteiger partial charge < -0.3 is 20.1 Å². The van der Waals surface area contributed by atoms with Gasteiger partial charge in [-0.2, -0.15) is 0 Å². The number of benzene rings is 2. The molecular formula is C23H32O4. The van der Waals surface area contributed by atoms with Crippen LogP contribution in [0.5, 0.6) is 5.75 Å². The van der Waals surface area contributed by atoms with E-state index in [0.717, 1.165) is 44.7 Å². The maximum absolute atomic E-state index is 10.1. The summed E-state index contributed by atoms with van der Waals surface area (Å²) >= 11 is 0. The second kappa shape index (κ2) is 8.42. The molecule has 4 heteroatoms. The molecule has 148 valence electrons. The summed E-state index contributed by atoms with van der Waals surface area (Å²) in [6.45, 7) is 10.9. The van der Waals surface area contributed by atoms with Crippen molar-refractivity contribution in [3.63, 3.8) is 0 Å². The minimum absolute atomic E-state index is 0.388. The first kappa shape index (κ1) is 21.4. The Balaban J connectivity index is 2.74. The molecule has 0 saturated heterocycles. The van der Waals surface area contributed by atoms with Gasteiger partial charge in [-0.1, -0.05) is 24.3 Å². The monoisotopic (exact) mass is 372 g/mol. The Morgan fingerprint density at radius 1 is 0.704 bits per heavy atom. The molecule has 0 aromatic heterocycles. The zero-order chi connectivity index (χ0) is 20.4. The smallest absolute Gasteiger partial charge is 0.136 e. The standard InChI is InChI=1S/C23H32O4/c1-14-7-9-16(3)20(18(14)5)22(23(11-24,12-25)13-26)27-21-17(4)10-8-15(2)19(21)6/h7-10,22,24-26H,11-13H2,1-6H3. The summed E-state index contributed by atoms with van der Waals surface area (Å²) in [4.78, 5) is 0. The molecule has 0 saturated carbocycles. The molecule has 0 bridgehead atoms. The lowest BCUT2D eigenvalue weighted by atomic mass is 9.77. The molecule has 2 aromatic carbocycles. The van der Waals surface area contributed by atoms with Crippen molar-refractivity contribution in [3.8, 4) is 5.75 Å². The van der Waals surface area contributed by atoms with Crippen LogP contribution in [0, 0.1) is 47.0 Å². The maximum Gasteiger partial charge on any atom is 0.136 e. The lowest BCUT2D eigenvalue weighted by molar-refractivity contribution is -0.0750. The molecule has 0 aliphatic carbocycles. The first-order valence-corrected chi connectivity index (χ1v) is 9.35. The van der Waals surface area contributed by atoms with E-state index in [1.54, 1.807) is 0 Å². The maximum atomic E-state index is 10.1. The van der Waals surface area contributed by atoms with Crippen molar-refractivity contribution in [2.24, 2.45) is 5.41 Å². The number of hydrogen-bond acceptors (Lipinski definition) is 4. The van der Waals surface area contributed by atoms with Gasteiger partial charge in [0.1, 0.15) is 11.9 Å². The molecule has 0 amide bonds. The number of aliphatic hydroxyl groups is 3. The largest absolute Gasteiger partial charge is 0.484 e. The van der Waals surface area contributed by atoms with Crippen LogP contribution < -0.4 is 4.74 Å². The summed E-state index contributed by atoms with van der Waals surface area (Å²) in [5, 5.41) is 30.4. The number of aryl methyl sites for hydroxylation is 4. The lowest BCUT2D eigenvalue weighted by Gasteiger charge is -2.39. The average molecular weight is 373 g/mol. The first-order chi connectivity index (χ1) is 12.7. The van der Waals surface area contributed by atoms with E-state index in [1.807, 2.05) is 65.8 Å². The Hall–Kier alpha value is -1.88. The number of hydrogen-bond donors (Lipinski definition) is 3. The molecule has 1 unspecified atom stereocenters. The number of ether oxygens (including phenoxy) is 1. The second-order valence-corrected chi connectivity index (χ2v) is 7.73. The summed E-state index contributed by atoms with van der Waals surface area (Å²) in [5.74, 6) is 0.736. The van der Waals surface area contributed by atoms with Crippen molar-refractivity contribution in [1.29, 1.82) is 0 Å². The summed E-state index contributed by atoms with van der Waals surface area (Å²) in [6.07, 6.45) is -0.684. The van der Waals surface area contributed by atoms with E-state index < -0.39 is 11.5 Å². The van der Waals surface area contributed by atoms with Gasteiger partial charge in [0, 0.05) is 0 Å². The molecule has 0 heterocycles. The van der Waals surface area contributed by atoms with Crippen LogP contribution in [0.2, 0.25) is 0 Å². The summed E-state index contributed by atoms with van der Waals surface area (Å²) in [5.41, 5.74) is 5.96. The topological polar surface area (TPSA) is 69.9 Å². The fourth-order valence-corrected chi connectivity index (χ4v) is 3.49. The number of aliphatic hydroxyl groups excluding tert-OH is 3. The average Bonchev–Trinajstić information content (AvgIpc) is 2.66. The van der Waals surface area contributed by atoms with E-state index in [1.165, 1.54) is 0 Å². The molecule has 0 spiro atoms. The van der Waals surface area contributed by atoms with Crippen LogP contribution >= 0.6 is 0 Å². The van der Waals surface area contributed by atoms with Gasteiger partial charge in [0.05, 0.1) is 25.2 Å². The van der Waals surface area contributed by atoms with Crippen LogP contribution in [0.15, 0.2) is 24.3 Å². The van der Waals surface area contributed by atoms with Gasteiger partial charge in [0.15, 0.2) is 0 Å². The summed E-state index contributed by atoms with van der Waals surface area (Å²) in [6, 6.07) is 8.12. The molecular weight excluding hydrogens is 340 g/mol. The van der Waals surface area contributed by atoms with E-state index in [9.17, 15) is 15.3 Å². The fraction of sp³-hybridized carbons (Fsp3) is 0.478. The summed E-state index contributed by atoms with van der Waals surface area (Å²) < 4.78 is 6.52. The highest BCUT2D eigenvalue weighted by molar-refractivity contribution is 5.47. The van der Waals surface area contributed by atoms with Crippen LogP contribution in [0.3, 0.4) is 0 Å². The van der Waals surface area contributed by atoms with Crippen LogP contribution in [-0.2, 0) is 0 Å². The van der Waals surface area contributed by atoms with E-state index in [-0.39, 0.29) is 19.8 Å². The van der Waals surface area contributed by atoms with Gasteiger partial charge >= 0.3 is 0 Å². The van der Waals surface area contributed by atoms with Crippen molar-refractivity contribution in [1.82, 2.24) is 0 Å². The van der Waals surface area contributed by atoms with Crippen molar-refractivity contribution >= 4 is 0 Å². The fourth-order valence-electron chi connectivity index (χ4n) is 3.49. The third-order valence-corrected chi connectivity index (χ3v) is 5.88. The van der Waals surface area contributed by atoms with Gasteiger partial charge in [-0.15, -0.1) is 0 Å². The van der Waals surface area contributed by atoms with Gasteiger partial charge in [-0.3, -0.25) is 0 Å². The molecule has 0 fully saturated rings. The van der Waals surface area contributed by atoms with E-state index >= 15 is 0 Å². The van der Waals surface area contributed by atoms with Crippen LogP contribution in [0.1, 0.15) is 45.0 Å². The van der Waals surface area contributed by atoms with Gasteiger partial charge in [0.2, 0.25) is 0 Å². The highest BCUT2D eigenvalue weighted by atomic mass is 16.5. The Kier molecular flexibility index (Phi) is 6.68. The highest BCUT2D eigenvalue weighted by Gasteiger charge is 2.42. The Morgan fingerprint density at radius 3 is 1.67 bits per heavy atom. The Bertz CT molecular complexity index is 798. The minimum atomic E-state index is -1.20. The highest BCUT2D eigenvalue weighted by Crippen LogP contribution is 2.42. The molecule has 0 aliphatic heterocycles. The van der Waals surface area contributed by atoms with Gasteiger partial charge in [-0.25, -0.2) is 0 Å². The predicted molar refractivity (Wildman–Crippen MR) is 108 cm³/mol. The zero-order valence-electron chi connectivity index (χ0n) is 17.3. The van der Waals surface area contributed by atoms with Crippen molar-refractivity contribution in [2.75, 3.05) is 19.8 Å². The molecule has 1 atom stereocenters. The van der Waals surface area contributed by atoms with Crippen molar-refractivity contribution in [3.05, 3.63) is 63.2 Å². The van der Waals surface area contributed by atoms with E-state index in [2.05, 4.69) is 0 Å². The molecule has 2 aromatic rings. The second-order valence-electron chi connectivity index (χ2n) is 7.73. The van der Waals surface area contributed by atoms with Crippen molar-refractivity contribution < 1.29 is 20.1 Å². The molecule has 4 nitrogen and oxygen atoms in total. The lowest BCUT2D eigenvalue weighted by Crippen LogP contribution is -2.43.